The number of carbonyl (C=O) groups excluding carboxylic acids is 2. The maximum atomic E-state index is 12.1. The van der Waals surface area contributed by atoms with E-state index in [1.807, 2.05) is 24.3 Å². The van der Waals surface area contributed by atoms with Crippen molar-refractivity contribution in [1.82, 2.24) is 10.6 Å². The first-order valence-corrected chi connectivity index (χ1v) is 9.16. The molecule has 4 N–H and O–H groups in total. The van der Waals surface area contributed by atoms with Crippen molar-refractivity contribution in [3.05, 3.63) is 35.4 Å². The van der Waals surface area contributed by atoms with Gasteiger partial charge < -0.3 is 16.4 Å². The monoisotopic (exact) mass is 347 g/mol. The van der Waals surface area contributed by atoms with Gasteiger partial charge in [0.05, 0.1) is 0 Å². The topological polar surface area (TPSA) is 84.2 Å². The van der Waals surface area contributed by atoms with Gasteiger partial charge in [-0.1, -0.05) is 52.7 Å². The molecule has 140 valence electrons. The highest BCUT2D eigenvalue weighted by molar-refractivity contribution is 5.94. The Kier molecular flexibility index (Phi) is 8.62. The molecule has 1 aromatic rings. The summed E-state index contributed by atoms with van der Waals surface area (Å²) in [7, 11) is 0. The second-order valence-electron chi connectivity index (χ2n) is 7.48. The van der Waals surface area contributed by atoms with Crippen LogP contribution in [-0.2, 0) is 10.2 Å². The van der Waals surface area contributed by atoms with Crippen LogP contribution in [0.15, 0.2) is 24.3 Å². The Balaban J connectivity index is 2.40. The van der Waals surface area contributed by atoms with Gasteiger partial charge in [0.1, 0.15) is 0 Å². The fraction of sp³-hybridized carbons (Fsp3) is 0.600. The van der Waals surface area contributed by atoms with Crippen LogP contribution in [0.25, 0.3) is 0 Å². The third kappa shape index (κ3) is 7.69. The van der Waals surface area contributed by atoms with Crippen molar-refractivity contribution in [2.24, 2.45) is 5.73 Å². The molecule has 0 saturated heterocycles. The van der Waals surface area contributed by atoms with Crippen LogP contribution in [0.2, 0.25) is 0 Å². The van der Waals surface area contributed by atoms with Crippen LogP contribution in [0, 0.1) is 0 Å². The summed E-state index contributed by atoms with van der Waals surface area (Å²) in [6.07, 6.45) is 3.28. The molecule has 1 aromatic carbocycles. The molecule has 0 heterocycles. The largest absolute Gasteiger partial charge is 0.352 e. The molecule has 1 atom stereocenters. The van der Waals surface area contributed by atoms with E-state index in [1.54, 1.807) is 0 Å². The molecule has 2 amide bonds. The third-order valence-electron chi connectivity index (χ3n) is 4.21. The minimum atomic E-state index is -0.158. The summed E-state index contributed by atoms with van der Waals surface area (Å²) in [6.45, 7) is 9.27. The van der Waals surface area contributed by atoms with Crippen molar-refractivity contribution in [3.8, 4) is 0 Å². The van der Waals surface area contributed by atoms with E-state index in [9.17, 15) is 9.59 Å². The van der Waals surface area contributed by atoms with E-state index in [4.69, 9.17) is 5.73 Å². The molecule has 0 fully saturated rings. The van der Waals surface area contributed by atoms with Gasteiger partial charge in [0.15, 0.2) is 0 Å². The van der Waals surface area contributed by atoms with Crippen LogP contribution in [0.3, 0.4) is 0 Å². The van der Waals surface area contributed by atoms with E-state index in [-0.39, 0.29) is 29.7 Å². The van der Waals surface area contributed by atoms with Gasteiger partial charge in [0.25, 0.3) is 5.91 Å². The average molecular weight is 348 g/mol. The van der Waals surface area contributed by atoms with Crippen molar-refractivity contribution in [2.75, 3.05) is 13.1 Å². The molecule has 0 saturated carbocycles. The second-order valence-corrected chi connectivity index (χ2v) is 7.48. The van der Waals surface area contributed by atoms with E-state index in [0.717, 1.165) is 19.3 Å². The highest BCUT2D eigenvalue weighted by Crippen LogP contribution is 2.22. The SMILES string of the molecule is CCCCC(CN)NC(=O)CCNC(=O)c1ccc(C(C)(C)C)cc1. The molecule has 25 heavy (non-hydrogen) atoms. The van der Waals surface area contributed by atoms with Crippen LogP contribution < -0.4 is 16.4 Å². The smallest absolute Gasteiger partial charge is 0.251 e. The summed E-state index contributed by atoms with van der Waals surface area (Å²) in [4.78, 5) is 24.1. The number of hydrogen-bond acceptors (Lipinski definition) is 3. The Bertz CT molecular complexity index is 547. The van der Waals surface area contributed by atoms with Crippen LogP contribution >= 0.6 is 0 Å². The molecule has 0 spiro atoms. The van der Waals surface area contributed by atoms with Gasteiger partial charge in [-0.25, -0.2) is 0 Å². The van der Waals surface area contributed by atoms with Crippen molar-refractivity contribution >= 4 is 11.8 Å². The number of unbranched alkanes of at least 4 members (excludes halogenated alkanes) is 1. The summed E-state index contributed by atoms with van der Waals surface area (Å²) >= 11 is 0. The minimum Gasteiger partial charge on any atom is -0.352 e. The normalized spacial score (nSPS) is 12.5. The maximum absolute atomic E-state index is 12.1. The number of nitrogens with two attached hydrogens (primary N) is 1. The van der Waals surface area contributed by atoms with Crippen LogP contribution in [0.5, 0.6) is 0 Å². The lowest BCUT2D eigenvalue weighted by Gasteiger charge is -2.19. The van der Waals surface area contributed by atoms with Crippen LogP contribution in [-0.4, -0.2) is 30.9 Å². The van der Waals surface area contributed by atoms with Crippen molar-refractivity contribution in [3.63, 3.8) is 0 Å². The molecular weight excluding hydrogens is 314 g/mol. The van der Waals surface area contributed by atoms with Gasteiger partial charge in [0.2, 0.25) is 5.91 Å². The first kappa shape index (κ1) is 21.2. The summed E-state index contributed by atoms with van der Waals surface area (Å²) in [5.41, 5.74) is 7.52. The standard InChI is InChI=1S/C20H33N3O2/c1-5-6-7-17(14-21)23-18(24)12-13-22-19(25)15-8-10-16(11-9-15)20(2,3)4/h8-11,17H,5-7,12-14,21H2,1-4H3,(H,22,25)(H,23,24). The fourth-order valence-electron chi connectivity index (χ4n) is 2.51. The van der Waals surface area contributed by atoms with Gasteiger partial charge in [-0.15, -0.1) is 0 Å². The van der Waals surface area contributed by atoms with Gasteiger partial charge in [0, 0.05) is 31.1 Å². The molecule has 5 heteroatoms. The molecule has 0 aliphatic rings. The van der Waals surface area contributed by atoms with Crippen LogP contribution in [0.1, 0.15) is 69.3 Å². The minimum absolute atomic E-state index is 0.0214. The summed E-state index contributed by atoms with van der Waals surface area (Å²) in [6, 6.07) is 7.62. The molecule has 0 aliphatic carbocycles. The predicted molar refractivity (Wildman–Crippen MR) is 103 cm³/mol. The van der Waals surface area contributed by atoms with E-state index in [2.05, 4.69) is 38.3 Å². The van der Waals surface area contributed by atoms with E-state index < -0.39 is 0 Å². The molecule has 1 rings (SSSR count). The quantitative estimate of drug-likeness (QED) is 0.642. The van der Waals surface area contributed by atoms with Crippen molar-refractivity contribution < 1.29 is 9.59 Å². The second kappa shape index (κ2) is 10.2. The van der Waals surface area contributed by atoms with E-state index >= 15 is 0 Å². The van der Waals surface area contributed by atoms with Gasteiger partial charge >= 0.3 is 0 Å². The summed E-state index contributed by atoms with van der Waals surface area (Å²) < 4.78 is 0. The molecule has 0 aromatic heterocycles. The lowest BCUT2D eigenvalue weighted by molar-refractivity contribution is -0.121. The number of hydrogen-bond donors (Lipinski definition) is 3. The fourth-order valence-corrected chi connectivity index (χ4v) is 2.51. The molecular formula is C20H33N3O2. The highest BCUT2D eigenvalue weighted by atomic mass is 16.2. The first-order valence-electron chi connectivity index (χ1n) is 9.16. The first-order chi connectivity index (χ1) is 11.8. The Morgan fingerprint density at radius 3 is 2.32 bits per heavy atom. The predicted octanol–water partition coefficient (Wildman–Crippen LogP) is 2.74. The lowest BCUT2D eigenvalue weighted by atomic mass is 9.87. The number of amides is 2. The number of benzene rings is 1. The molecule has 0 radical (unpaired) electrons. The zero-order valence-electron chi connectivity index (χ0n) is 16.0. The third-order valence-corrected chi connectivity index (χ3v) is 4.21. The van der Waals surface area contributed by atoms with E-state index in [0.29, 0.717) is 18.7 Å². The lowest BCUT2D eigenvalue weighted by Crippen LogP contribution is -2.41. The van der Waals surface area contributed by atoms with Crippen molar-refractivity contribution in [2.45, 2.75) is 64.8 Å². The molecule has 5 nitrogen and oxygen atoms in total. The molecule has 0 aliphatic heterocycles. The van der Waals surface area contributed by atoms with Gasteiger partial charge in [-0.05, 0) is 29.5 Å². The zero-order valence-corrected chi connectivity index (χ0v) is 16.0. The summed E-state index contributed by atoms with van der Waals surface area (Å²) in [5, 5.41) is 5.72. The van der Waals surface area contributed by atoms with Gasteiger partial charge in [-0.2, -0.15) is 0 Å². The maximum Gasteiger partial charge on any atom is 0.251 e. The number of rotatable bonds is 9. The Hall–Kier alpha value is -1.88. The van der Waals surface area contributed by atoms with Crippen molar-refractivity contribution in [1.29, 1.82) is 0 Å². The Morgan fingerprint density at radius 1 is 1.16 bits per heavy atom. The number of nitrogens with one attached hydrogen (secondary N) is 2. The van der Waals surface area contributed by atoms with Gasteiger partial charge in [-0.3, -0.25) is 9.59 Å². The van der Waals surface area contributed by atoms with E-state index in [1.165, 1.54) is 5.56 Å². The number of carbonyl (C=O) groups is 2. The average Bonchev–Trinajstić information content (AvgIpc) is 2.57. The zero-order chi connectivity index (χ0) is 18.9. The van der Waals surface area contributed by atoms with Crippen LogP contribution in [0.4, 0.5) is 0 Å². The molecule has 0 bridgehead atoms. The summed E-state index contributed by atoms with van der Waals surface area (Å²) in [5.74, 6) is -0.232. The molecule has 1 unspecified atom stereocenters. The highest BCUT2D eigenvalue weighted by Gasteiger charge is 2.14. The Morgan fingerprint density at radius 2 is 1.80 bits per heavy atom. The Labute approximate surface area is 151 Å².